The van der Waals surface area contributed by atoms with Crippen LogP contribution in [0.25, 0.3) is 6.08 Å². The number of piperidine rings is 1. The molecule has 1 aliphatic rings. The molecule has 25 heavy (non-hydrogen) atoms. The molecule has 128 valence electrons. The zero-order valence-electron chi connectivity index (χ0n) is 13.6. The molecule has 1 aliphatic heterocycles. The fourth-order valence-electron chi connectivity index (χ4n) is 2.85. The monoisotopic (exact) mass is 355 g/mol. The third kappa shape index (κ3) is 4.45. The van der Waals surface area contributed by atoms with E-state index in [1.807, 2.05) is 41.3 Å². The van der Waals surface area contributed by atoms with Crippen molar-refractivity contribution in [3.8, 4) is 0 Å². The number of aromatic nitrogens is 1. The van der Waals surface area contributed by atoms with Crippen LogP contribution < -0.4 is 4.90 Å². The Morgan fingerprint density at radius 1 is 1.20 bits per heavy atom. The summed E-state index contributed by atoms with van der Waals surface area (Å²) in [6, 6.07) is 10.8. The number of benzene rings is 1. The number of halogens is 1. The maximum absolute atomic E-state index is 11.1. The third-order valence-electron chi connectivity index (χ3n) is 4.14. The highest BCUT2D eigenvalue weighted by Gasteiger charge is 2.23. The van der Waals surface area contributed by atoms with Gasteiger partial charge in [0.1, 0.15) is 0 Å². The minimum absolute atomic E-state index is 0.0655. The summed E-state index contributed by atoms with van der Waals surface area (Å²) in [6.45, 7) is 1.46. The van der Waals surface area contributed by atoms with E-state index < -0.39 is 0 Å². The molecule has 6 heteroatoms. The number of hydrogen-bond acceptors (Lipinski definition) is 4. The molecule has 0 aliphatic carbocycles. The molecule has 2 heterocycles. The highest BCUT2D eigenvalue weighted by Crippen LogP contribution is 2.28. The van der Waals surface area contributed by atoms with Gasteiger partial charge in [-0.05, 0) is 36.6 Å². The van der Waals surface area contributed by atoms with E-state index in [0.29, 0.717) is 5.82 Å². The highest BCUT2D eigenvalue weighted by molar-refractivity contribution is 6.30. The Hall–Kier alpha value is -2.66. The van der Waals surface area contributed by atoms with Crippen molar-refractivity contribution < 1.29 is 4.92 Å². The summed E-state index contributed by atoms with van der Waals surface area (Å²) >= 11 is 5.97. The lowest BCUT2D eigenvalue weighted by molar-refractivity contribution is -0.384. The molecule has 1 aromatic carbocycles. The number of pyridine rings is 1. The quantitative estimate of drug-likeness (QED) is 0.579. The molecule has 0 bridgehead atoms. The zero-order chi connectivity index (χ0) is 17.6. The van der Waals surface area contributed by atoms with Gasteiger partial charge in [-0.2, -0.15) is 0 Å². The minimum atomic E-state index is -0.374. The largest absolute Gasteiger partial charge is 0.350 e. The Balaban J connectivity index is 1.63. The standard InChI is InChI=1S/C19H18ClN3O2/c20-17-7-2-6-16(14-17)5-1-4-15-9-12-22(13-10-15)19-18(23(24)25)8-3-11-21-19/h1-8,11,14H,9-10,12-13H2. The summed E-state index contributed by atoms with van der Waals surface area (Å²) in [4.78, 5) is 16.9. The molecule has 5 nitrogen and oxygen atoms in total. The van der Waals surface area contributed by atoms with Crippen molar-refractivity contribution in [1.29, 1.82) is 0 Å². The van der Waals surface area contributed by atoms with Gasteiger partial charge >= 0.3 is 5.69 Å². The van der Waals surface area contributed by atoms with Crippen molar-refractivity contribution in [2.24, 2.45) is 0 Å². The van der Waals surface area contributed by atoms with Gasteiger partial charge in [0.2, 0.25) is 5.82 Å². The molecule has 0 atom stereocenters. The predicted octanol–water partition coefficient (Wildman–Crippen LogP) is 4.88. The second-order valence-electron chi connectivity index (χ2n) is 5.83. The van der Waals surface area contributed by atoms with E-state index in [9.17, 15) is 10.1 Å². The van der Waals surface area contributed by atoms with Gasteiger partial charge in [-0.3, -0.25) is 10.1 Å². The molecule has 0 spiro atoms. The van der Waals surface area contributed by atoms with Crippen LogP contribution in [-0.2, 0) is 0 Å². The maximum Gasteiger partial charge on any atom is 0.311 e. The van der Waals surface area contributed by atoms with Gasteiger partial charge in [-0.25, -0.2) is 4.98 Å². The molecule has 0 N–H and O–H groups in total. The molecule has 0 saturated carbocycles. The Morgan fingerprint density at radius 2 is 2.00 bits per heavy atom. The first-order valence-corrected chi connectivity index (χ1v) is 8.47. The van der Waals surface area contributed by atoms with Crippen LogP contribution in [0.1, 0.15) is 18.4 Å². The van der Waals surface area contributed by atoms with Crippen LogP contribution in [0, 0.1) is 10.1 Å². The average molecular weight is 356 g/mol. The van der Waals surface area contributed by atoms with Crippen molar-refractivity contribution in [3.05, 3.63) is 81.0 Å². The van der Waals surface area contributed by atoms with Crippen LogP contribution in [-0.4, -0.2) is 23.0 Å². The molecule has 0 amide bonds. The van der Waals surface area contributed by atoms with Crippen LogP contribution in [0.5, 0.6) is 0 Å². The average Bonchev–Trinajstić information content (AvgIpc) is 2.62. The lowest BCUT2D eigenvalue weighted by atomic mass is 10.0. The van der Waals surface area contributed by atoms with E-state index in [1.54, 1.807) is 12.3 Å². The number of rotatable bonds is 4. The Kier molecular flexibility index (Phi) is 5.46. The summed E-state index contributed by atoms with van der Waals surface area (Å²) in [5.41, 5.74) is 2.45. The van der Waals surface area contributed by atoms with Gasteiger partial charge in [-0.1, -0.05) is 47.5 Å². The van der Waals surface area contributed by atoms with E-state index in [4.69, 9.17) is 11.6 Å². The summed E-state index contributed by atoms with van der Waals surface area (Å²) in [6.07, 6.45) is 9.50. The molecular formula is C19H18ClN3O2. The van der Waals surface area contributed by atoms with Gasteiger partial charge in [0, 0.05) is 30.4 Å². The Labute approximate surface area is 151 Å². The van der Waals surface area contributed by atoms with Crippen LogP contribution >= 0.6 is 11.6 Å². The first-order valence-electron chi connectivity index (χ1n) is 8.09. The van der Waals surface area contributed by atoms with E-state index in [1.165, 1.54) is 11.6 Å². The number of nitro groups is 1. The molecule has 3 rings (SSSR count). The van der Waals surface area contributed by atoms with Gasteiger partial charge < -0.3 is 4.90 Å². The van der Waals surface area contributed by atoms with E-state index in [2.05, 4.69) is 11.1 Å². The van der Waals surface area contributed by atoms with Crippen LogP contribution in [0.2, 0.25) is 5.02 Å². The van der Waals surface area contributed by atoms with Crippen molar-refractivity contribution >= 4 is 29.2 Å². The lowest BCUT2D eigenvalue weighted by Crippen LogP contribution is -2.31. The molecule has 1 fully saturated rings. The SMILES string of the molecule is O=[N+]([O-])c1cccnc1N1CCC(=CC=Cc2cccc(Cl)c2)CC1. The molecular weight excluding hydrogens is 338 g/mol. The Bertz CT molecular complexity index is 823. The van der Waals surface area contributed by atoms with Gasteiger partial charge in [0.25, 0.3) is 0 Å². The van der Waals surface area contributed by atoms with E-state index in [0.717, 1.165) is 36.5 Å². The number of hydrogen-bond donors (Lipinski definition) is 0. The van der Waals surface area contributed by atoms with Crippen molar-refractivity contribution in [1.82, 2.24) is 4.98 Å². The topological polar surface area (TPSA) is 59.3 Å². The van der Waals surface area contributed by atoms with Crippen molar-refractivity contribution in [3.63, 3.8) is 0 Å². The van der Waals surface area contributed by atoms with Gasteiger partial charge in [0.15, 0.2) is 0 Å². The number of anilines is 1. The maximum atomic E-state index is 11.1. The van der Waals surface area contributed by atoms with Crippen LogP contribution in [0.4, 0.5) is 11.5 Å². The normalized spacial score (nSPS) is 14.8. The highest BCUT2D eigenvalue weighted by atomic mass is 35.5. The third-order valence-corrected chi connectivity index (χ3v) is 4.37. The van der Waals surface area contributed by atoms with E-state index >= 15 is 0 Å². The lowest BCUT2D eigenvalue weighted by Gasteiger charge is -2.28. The van der Waals surface area contributed by atoms with Crippen molar-refractivity contribution in [2.75, 3.05) is 18.0 Å². The first-order chi connectivity index (χ1) is 12.1. The predicted molar refractivity (Wildman–Crippen MR) is 101 cm³/mol. The first kappa shape index (κ1) is 17.2. The minimum Gasteiger partial charge on any atom is -0.350 e. The van der Waals surface area contributed by atoms with Gasteiger partial charge in [0.05, 0.1) is 4.92 Å². The van der Waals surface area contributed by atoms with E-state index in [-0.39, 0.29) is 10.6 Å². The Morgan fingerprint density at radius 3 is 2.72 bits per heavy atom. The van der Waals surface area contributed by atoms with Crippen LogP contribution in [0.3, 0.4) is 0 Å². The summed E-state index contributed by atoms with van der Waals surface area (Å²) < 4.78 is 0. The molecule has 1 aromatic heterocycles. The van der Waals surface area contributed by atoms with Gasteiger partial charge in [-0.15, -0.1) is 0 Å². The fraction of sp³-hybridized carbons (Fsp3) is 0.211. The molecule has 0 radical (unpaired) electrons. The number of allylic oxidation sites excluding steroid dienone is 2. The summed E-state index contributed by atoms with van der Waals surface area (Å²) in [5.74, 6) is 0.459. The van der Waals surface area contributed by atoms with Crippen LogP contribution in [0.15, 0.2) is 60.3 Å². The molecule has 1 saturated heterocycles. The second kappa shape index (κ2) is 7.94. The smallest absolute Gasteiger partial charge is 0.311 e. The second-order valence-corrected chi connectivity index (χ2v) is 6.27. The number of nitrogens with zero attached hydrogens (tertiary/aromatic N) is 3. The zero-order valence-corrected chi connectivity index (χ0v) is 14.4. The molecule has 0 unspecified atom stereocenters. The van der Waals surface area contributed by atoms with Crippen molar-refractivity contribution in [2.45, 2.75) is 12.8 Å². The molecule has 2 aromatic rings. The fourth-order valence-corrected chi connectivity index (χ4v) is 3.05. The summed E-state index contributed by atoms with van der Waals surface area (Å²) in [5, 5.41) is 11.9. The summed E-state index contributed by atoms with van der Waals surface area (Å²) in [7, 11) is 0.